The van der Waals surface area contributed by atoms with E-state index in [1.807, 2.05) is 17.5 Å². The Bertz CT molecular complexity index is 662. The lowest BCUT2D eigenvalue weighted by atomic mass is 10.2. The molecular formula is C17H25N5O2S. The number of carbonyl (C=O) groups is 1. The van der Waals surface area contributed by atoms with E-state index in [9.17, 15) is 4.79 Å². The van der Waals surface area contributed by atoms with Crippen LogP contribution < -0.4 is 5.32 Å². The van der Waals surface area contributed by atoms with Crippen molar-refractivity contribution < 1.29 is 9.32 Å². The molecule has 0 unspecified atom stereocenters. The molecule has 0 aromatic carbocycles. The van der Waals surface area contributed by atoms with Crippen LogP contribution in [0.5, 0.6) is 0 Å². The average Bonchev–Trinajstić information content (AvgIpc) is 3.26. The van der Waals surface area contributed by atoms with Gasteiger partial charge in [0.2, 0.25) is 17.6 Å². The standard InChI is InChI=1S/C17H25N5O2S/c1-13(2)10-18-15(23)11-21-5-7-22(8-6-21)12-16-19-17(20-24-16)14-4-3-9-25-14/h3-4,9,13H,5-8,10-12H2,1-2H3,(H,18,23). The van der Waals surface area contributed by atoms with E-state index in [4.69, 9.17) is 4.52 Å². The third kappa shape index (κ3) is 5.35. The summed E-state index contributed by atoms with van der Waals surface area (Å²) >= 11 is 1.60. The fraction of sp³-hybridized carbons (Fsp3) is 0.588. The van der Waals surface area contributed by atoms with Gasteiger partial charge >= 0.3 is 0 Å². The van der Waals surface area contributed by atoms with Gasteiger partial charge in [0.15, 0.2) is 0 Å². The summed E-state index contributed by atoms with van der Waals surface area (Å²) < 4.78 is 5.36. The van der Waals surface area contributed by atoms with Crippen LogP contribution in [0.15, 0.2) is 22.0 Å². The van der Waals surface area contributed by atoms with Gasteiger partial charge in [-0.3, -0.25) is 14.6 Å². The number of hydrogen-bond acceptors (Lipinski definition) is 7. The summed E-state index contributed by atoms with van der Waals surface area (Å²) in [4.78, 5) is 21.9. The van der Waals surface area contributed by atoms with Gasteiger partial charge in [-0.05, 0) is 17.4 Å². The van der Waals surface area contributed by atoms with Gasteiger partial charge in [-0.1, -0.05) is 25.1 Å². The first-order valence-electron chi connectivity index (χ1n) is 8.68. The quantitative estimate of drug-likeness (QED) is 0.807. The molecule has 0 spiro atoms. The van der Waals surface area contributed by atoms with Crippen molar-refractivity contribution in [3.05, 3.63) is 23.4 Å². The van der Waals surface area contributed by atoms with E-state index in [0.29, 0.717) is 30.7 Å². The fourth-order valence-corrected chi connectivity index (χ4v) is 3.35. The van der Waals surface area contributed by atoms with E-state index >= 15 is 0 Å². The van der Waals surface area contributed by atoms with Crippen molar-refractivity contribution in [2.75, 3.05) is 39.3 Å². The molecular weight excluding hydrogens is 338 g/mol. The van der Waals surface area contributed by atoms with Crippen molar-refractivity contribution in [2.24, 2.45) is 5.92 Å². The zero-order chi connectivity index (χ0) is 17.6. The van der Waals surface area contributed by atoms with Gasteiger partial charge in [-0.25, -0.2) is 0 Å². The van der Waals surface area contributed by atoms with Crippen molar-refractivity contribution in [1.82, 2.24) is 25.3 Å². The molecule has 0 bridgehead atoms. The molecule has 0 radical (unpaired) electrons. The maximum atomic E-state index is 11.9. The van der Waals surface area contributed by atoms with E-state index in [1.54, 1.807) is 11.3 Å². The molecule has 3 heterocycles. The number of rotatable bonds is 7. The van der Waals surface area contributed by atoms with E-state index in [-0.39, 0.29) is 5.91 Å². The average molecular weight is 363 g/mol. The van der Waals surface area contributed by atoms with Crippen LogP contribution in [-0.2, 0) is 11.3 Å². The minimum atomic E-state index is 0.111. The lowest BCUT2D eigenvalue weighted by Gasteiger charge is -2.33. The monoisotopic (exact) mass is 363 g/mol. The second kappa shape index (κ2) is 8.55. The second-order valence-corrected chi connectivity index (χ2v) is 7.69. The van der Waals surface area contributed by atoms with Crippen molar-refractivity contribution >= 4 is 17.2 Å². The molecule has 3 rings (SSSR count). The number of piperazine rings is 1. The summed E-state index contributed by atoms with van der Waals surface area (Å²) in [5.41, 5.74) is 0. The molecule has 2 aromatic rings. The molecule has 0 aliphatic carbocycles. The summed E-state index contributed by atoms with van der Waals surface area (Å²) in [7, 11) is 0. The molecule has 0 atom stereocenters. The number of nitrogens with zero attached hydrogens (tertiary/aromatic N) is 4. The Balaban J connectivity index is 1.41. The lowest BCUT2D eigenvalue weighted by molar-refractivity contribution is -0.122. The molecule has 0 saturated carbocycles. The van der Waals surface area contributed by atoms with Gasteiger partial charge in [0, 0.05) is 32.7 Å². The molecule has 1 N–H and O–H groups in total. The number of aromatic nitrogens is 2. The Hall–Kier alpha value is -1.77. The predicted molar refractivity (Wildman–Crippen MR) is 97.2 cm³/mol. The minimum Gasteiger partial charge on any atom is -0.355 e. The highest BCUT2D eigenvalue weighted by molar-refractivity contribution is 7.13. The maximum Gasteiger partial charge on any atom is 0.241 e. The zero-order valence-corrected chi connectivity index (χ0v) is 15.6. The van der Waals surface area contributed by atoms with Crippen LogP contribution in [0.25, 0.3) is 10.7 Å². The highest BCUT2D eigenvalue weighted by Gasteiger charge is 2.21. The van der Waals surface area contributed by atoms with Crippen LogP contribution in [0.1, 0.15) is 19.7 Å². The summed E-state index contributed by atoms with van der Waals surface area (Å²) in [6.45, 7) is 9.61. The van der Waals surface area contributed by atoms with Crippen LogP contribution in [0, 0.1) is 5.92 Å². The number of amides is 1. The van der Waals surface area contributed by atoms with Crippen LogP contribution in [0.3, 0.4) is 0 Å². The third-order valence-electron chi connectivity index (χ3n) is 4.11. The van der Waals surface area contributed by atoms with Gasteiger partial charge in [0.05, 0.1) is 18.0 Å². The summed E-state index contributed by atoms with van der Waals surface area (Å²) in [5.74, 6) is 1.89. The molecule has 1 fully saturated rings. The number of thiophene rings is 1. The van der Waals surface area contributed by atoms with Crippen molar-refractivity contribution in [3.63, 3.8) is 0 Å². The minimum absolute atomic E-state index is 0.111. The molecule has 7 nitrogen and oxygen atoms in total. The van der Waals surface area contributed by atoms with Crippen LogP contribution in [0.4, 0.5) is 0 Å². The Morgan fingerprint density at radius 2 is 2.08 bits per heavy atom. The van der Waals surface area contributed by atoms with E-state index in [0.717, 1.165) is 37.6 Å². The zero-order valence-electron chi connectivity index (χ0n) is 14.8. The van der Waals surface area contributed by atoms with Crippen LogP contribution >= 0.6 is 11.3 Å². The summed E-state index contributed by atoms with van der Waals surface area (Å²) in [6.07, 6.45) is 0. The number of carbonyl (C=O) groups excluding carboxylic acids is 1. The number of hydrogen-bond donors (Lipinski definition) is 1. The van der Waals surface area contributed by atoms with E-state index in [1.165, 1.54) is 0 Å². The Kier molecular flexibility index (Phi) is 6.17. The van der Waals surface area contributed by atoms with Gasteiger partial charge in [-0.2, -0.15) is 4.98 Å². The number of nitrogens with one attached hydrogen (secondary N) is 1. The SMILES string of the molecule is CC(C)CNC(=O)CN1CCN(Cc2nc(-c3cccs3)no2)CC1. The molecule has 25 heavy (non-hydrogen) atoms. The maximum absolute atomic E-state index is 11.9. The van der Waals surface area contributed by atoms with Gasteiger partial charge in [0.25, 0.3) is 0 Å². The summed E-state index contributed by atoms with van der Waals surface area (Å²) in [6, 6.07) is 3.97. The van der Waals surface area contributed by atoms with Crippen molar-refractivity contribution in [2.45, 2.75) is 20.4 Å². The highest BCUT2D eigenvalue weighted by Crippen LogP contribution is 2.21. The van der Waals surface area contributed by atoms with Crippen LogP contribution in [-0.4, -0.2) is 65.1 Å². The van der Waals surface area contributed by atoms with Gasteiger partial charge in [-0.15, -0.1) is 11.3 Å². The van der Waals surface area contributed by atoms with Crippen molar-refractivity contribution in [3.8, 4) is 10.7 Å². The largest absolute Gasteiger partial charge is 0.355 e. The summed E-state index contributed by atoms with van der Waals surface area (Å²) in [5, 5.41) is 9.02. The lowest BCUT2D eigenvalue weighted by Crippen LogP contribution is -2.49. The normalized spacial score (nSPS) is 16.4. The first kappa shape index (κ1) is 18.0. The van der Waals surface area contributed by atoms with Gasteiger partial charge in [0.1, 0.15) is 0 Å². The molecule has 1 saturated heterocycles. The Morgan fingerprint density at radius 1 is 1.32 bits per heavy atom. The van der Waals surface area contributed by atoms with Gasteiger partial charge < -0.3 is 9.84 Å². The Morgan fingerprint density at radius 3 is 2.76 bits per heavy atom. The first-order chi connectivity index (χ1) is 12.1. The predicted octanol–water partition coefficient (Wildman–Crippen LogP) is 1.69. The van der Waals surface area contributed by atoms with Crippen LogP contribution in [0.2, 0.25) is 0 Å². The fourth-order valence-electron chi connectivity index (χ4n) is 2.70. The second-order valence-electron chi connectivity index (χ2n) is 6.74. The Labute approximate surface area is 152 Å². The molecule has 2 aromatic heterocycles. The highest BCUT2D eigenvalue weighted by atomic mass is 32.1. The molecule has 1 aliphatic heterocycles. The first-order valence-corrected chi connectivity index (χ1v) is 9.56. The molecule has 136 valence electrons. The van der Waals surface area contributed by atoms with E-state index in [2.05, 4.69) is 39.1 Å². The smallest absolute Gasteiger partial charge is 0.241 e. The third-order valence-corrected chi connectivity index (χ3v) is 4.97. The topological polar surface area (TPSA) is 74.5 Å². The van der Waals surface area contributed by atoms with Crippen molar-refractivity contribution in [1.29, 1.82) is 0 Å². The molecule has 8 heteroatoms. The molecule has 1 amide bonds. The molecule has 1 aliphatic rings. The van der Waals surface area contributed by atoms with E-state index < -0.39 is 0 Å².